The number of nitrogens with one attached hydrogen (secondary N) is 1. The predicted molar refractivity (Wildman–Crippen MR) is 110 cm³/mol. The fraction of sp³-hybridized carbons (Fsp3) is 0.667. The highest BCUT2D eigenvalue weighted by Gasteiger charge is 2.55. The third-order valence-electron chi connectivity index (χ3n) is 7.42. The van der Waals surface area contributed by atoms with Crippen LogP contribution in [0.3, 0.4) is 0 Å². The number of likely N-dealkylation sites (N-methyl/N-ethyl adjacent to an activating group) is 1. The van der Waals surface area contributed by atoms with Crippen LogP contribution in [0.2, 0.25) is 0 Å². The zero-order valence-corrected chi connectivity index (χ0v) is 17.8. The Morgan fingerprint density at radius 3 is 2.24 bits per heavy atom. The molecule has 4 fully saturated rings. The molecule has 29 heavy (non-hydrogen) atoms. The summed E-state index contributed by atoms with van der Waals surface area (Å²) >= 11 is 0. The van der Waals surface area contributed by atoms with Crippen molar-refractivity contribution in [3.05, 3.63) is 35.6 Å². The monoisotopic (exact) mass is 400 g/mol. The number of hydrogen-bond acceptors (Lipinski definition) is 2. The second kappa shape index (κ2) is 7.73. The zero-order valence-electron chi connectivity index (χ0n) is 17.8. The predicted octanol–water partition coefficient (Wildman–Crippen LogP) is 4.14. The van der Waals surface area contributed by atoms with Gasteiger partial charge < -0.3 is 10.2 Å². The molecule has 0 spiro atoms. The molecule has 5 rings (SSSR count). The van der Waals surface area contributed by atoms with Crippen molar-refractivity contribution in [3.63, 3.8) is 0 Å². The van der Waals surface area contributed by atoms with E-state index in [2.05, 4.69) is 5.32 Å². The molecular weight excluding hydrogens is 367 g/mol. The van der Waals surface area contributed by atoms with Crippen molar-refractivity contribution < 1.29 is 14.0 Å². The lowest BCUT2D eigenvalue weighted by atomic mass is 9.49. The van der Waals surface area contributed by atoms with Gasteiger partial charge in [0.05, 0.1) is 0 Å². The minimum absolute atomic E-state index is 0.00433. The molecule has 0 saturated heterocycles. The number of benzene rings is 1. The van der Waals surface area contributed by atoms with Gasteiger partial charge in [-0.25, -0.2) is 4.39 Å². The molecule has 1 atom stereocenters. The van der Waals surface area contributed by atoms with Crippen LogP contribution >= 0.6 is 0 Å². The third-order valence-corrected chi connectivity index (χ3v) is 7.42. The zero-order chi connectivity index (χ0) is 20.8. The molecular formula is C24H33FN2O2. The summed E-state index contributed by atoms with van der Waals surface area (Å²) in [5.74, 6) is 1.74. The topological polar surface area (TPSA) is 49.4 Å². The summed E-state index contributed by atoms with van der Waals surface area (Å²) < 4.78 is 13.5. The maximum Gasteiger partial charge on any atom is 0.245 e. The van der Waals surface area contributed by atoms with Crippen LogP contribution in [0.25, 0.3) is 0 Å². The Morgan fingerprint density at radius 2 is 1.72 bits per heavy atom. The van der Waals surface area contributed by atoms with Gasteiger partial charge in [-0.1, -0.05) is 26.0 Å². The molecule has 4 bridgehead atoms. The summed E-state index contributed by atoms with van der Waals surface area (Å²) in [6.45, 7) is 4.27. The van der Waals surface area contributed by atoms with Crippen LogP contribution < -0.4 is 5.32 Å². The largest absolute Gasteiger partial charge is 0.344 e. The average Bonchev–Trinajstić information content (AvgIpc) is 2.64. The minimum Gasteiger partial charge on any atom is -0.344 e. The van der Waals surface area contributed by atoms with E-state index in [1.807, 2.05) is 19.9 Å². The van der Waals surface area contributed by atoms with Crippen molar-refractivity contribution in [1.82, 2.24) is 10.2 Å². The number of rotatable bonds is 6. The molecule has 0 heterocycles. The van der Waals surface area contributed by atoms with E-state index < -0.39 is 6.04 Å². The maximum absolute atomic E-state index is 13.5. The Balaban J connectivity index is 1.45. The van der Waals surface area contributed by atoms with Gasteiger partial charge in [-0.2, -0.15) is 0 Å². The summed E-state index contributed by atoms with van der Waals surface area (Å²) in [5, 5.41) is 3.15. The maximum atomic E-state index is 13.5. The van der Waals surface area contributed by atoms with Crippen LogP contribution in [0.5, 0.6) is 0 Å². The van der Waals surface area contributed by atoms with Gasteiger partial charge in [-0.3, -0.25) is 9.59 Å². The molecule has 1 aromatic carbocycles. The Morgan fingerprint density at radius 1 is 1.14 bits per heavy atom. The Kier molecular flexibility index (Phi) is 5.43. The smallest absolute Gasteiger partial charge is 0.245 e. The Bertz CT molecular complexity index is 756. The number of hydrogen-bond donors (Lipinski definition) is 1. The Labute approximate surface area is 173 Å². The second-order valence-electron chi connectivity index (χ2n) is 10.2. The van der Waals surface area contributed by atoms with Gasteiger partial charge in [-0.05, 0) is 79.9 Å². The van der Waals surface area contributed by atoms with Crippen molar-refractivity contribution in [2.75, 3.05) is 7.05 Å². The van der Waals surface area contributed by atoms with Crippen molar-refractivity contribution >= 4 is 11.8 Å². The van der Waals surface area contributed by atoms with E-state index in [4.69, 9.17) is 0 Å². The van der Waals surface area contributed by atoms with Gasteiger partial charge in [0.25, 0.3) is 0 Å². The quantitative estimate of drug-likeness (QED) is 0.780. The van der Waals surface area contributed by atoms with Crippen LogP contribution in [0.15, 0.2) is 24.3 Å². The van der Waals surface area contributed by atoms with Crippen molar-refractivity contribution in [3.8, 4) is 0 Å². The highest BCUT2D eigenvalue weighted by atomic mass is 19.1. The van der Waals surface area contributed by atoms with Gasteiger partial charge >= 0.3 is 0 Å². The van der Waals surface area contributed by atoms with Gasteiger partial charge in [0.2, 0.25) is 11.8 Å². The molecule has 5 heteroatoms. The molecule has 2 amide bonds. The number of carbonyl (C=O) groups is 2. The first-order valence-corrected chi connectivity index (χ1v) is 11.1. The summed E-state index contributed by atoms with van der Waals surface area (Å²) in [7, 11) is 1.72. The fourth-order valence-corrected chi connectivity index (χ4v) is 6.42. The molecule has 4 aliphatic rings. The molecule has 158 valence electrons. The molecule has 4 nitrogen and oxygen atoms in total. The summed E-state index contributed by atoms with van der Waals surface area (Å²) in [6, 6.07) is 5.76. The molecule has 1 aromatic rings. The van der Waals surface area contributed by atoms with Crippen molar-refractivity contribution in [1.29, 1.82) is 0 Å². The highest BCUT2D eigenvalue weighted by molar-refractivity contribution is 5.90. The Hall–Kier alpha value is -1.91. The van der Waals surface area contributed by atoms with Gasteiger partial charge in [0, 0.05) is 19.0 Å². The second-order valence-corrected chi connectivity index (χ2v) is 10.2. The molecule has 1 N–H and O–H groups in total. The van der Waals surface area contributed by atoms with Gasteiger partial charge in [-0.15, -0.1) is 0 Å². The van der Waals surface area contributed by atoms with Crippen molar-refractivity contribution in [2.45, 2.75) is 65.0 Å². The first-order valence-electron chi connectivity index (χ1n) is 11.1. The van der Waals surface area contributed by atoms with E-state index in [-0.39, 0.29) is 29.0 Å². The molecule has 1 unspecified atom stereocenters. The number of nitrogens with zero attached hydrogens (tertiary/aromatic N) is 1. The average molecular weight is 401 g/mol. The lowest BCUT2D eigenvalue weighted by molar-refractivity contribution is -0.150. The van der Waals surface area contributed by atoms with E-state index in [9.17, 15) is 14.0 Å². The fourth-order valence-electron chi connectivity index (χ4n) is 6.42. The van der Waals surface area contributed by atoms with Crippen LogP contribution in [0, 0.1) is 34.9 Å². The standard InChI is InChI=1S/C24H33FN2O2/c1-15(2)21(22(28)27(3)14-16-5-4-6-20(25)10-16)26-23(29)24-11-17-7-18(12-24)9-19(8-17)13-24/h4-6,10,15,17-19,21H,7-9,11-14H2,1-3H3,(H,26,29). The van der Waals surface area contributed by atoms with E-state index in [0.29, 0.717) is 24.3 Å². The van der Waals surface area contributed by atoms with E-state index in [1.54, 1.807) is 18.0 Å². The third kappa shape index (κ3) is 4.06. The SMILES string of the molecule is CC(C)C(NC(=O)C12CC3CC(CC(C3)C1)C2)C(=O)N(C)Cc1cccc(F)c1. The molecule has 0 aromatic heterocycles. The summed E-state index contributed by atoms with van der Waals surface area (Å²) in [4.78, 5) is 28.2. The van der Waals surface area contributed by atoms with E-state index in [1.165, 1.54) is 31.4 Å². The molecule has 0 aliphatic heterocycles. The van der Waals surface area contributed by atoms with Gasteiger partial charge in [0.15, 0.2) is 0 Å². The minimum atomic E-state index is -0.547. The number of halogens is 1. The van der Waals surface area contributed by atoms with Crippen LogP contribution in [0.4, 0.5) is 4.39 Å². The number of amides is 2. The molecule has 4 saturated carbocycles. The summed E-state index contributed by atoms with van der Waals surface area (Å²) in [5.41, 5.74) is 0.485. The van der Waals surface area contributed by atoms with E-state index >= 15 is 0 Å². The summed E-state index contributed by atoms with van der Waals surface area (Å²) in [6.07, 6.45) is 6.83. The molecule has 0 radical (unpaired) electrons. The lowest BCUT2D eigenvalue weighted by Crippen LogP contribution is -2.58. The van der Waals surface area contributed by atoms with Crippen molar-refractivity contribution in [2.24, 2.45) is 29.1 Å². The normalized spacial score (nSPS) is 31.0. The first kappa shape index (κ1) is 20.4. The van der Waals surface area contributed by atoms with Gasteiger partial charge in [0.1, 0.15) is 11.9 Å². The molecule has 4 aliphatic carbocycles. The van der Waals surface area contributed by atoms with Crippen LogP contribution in [-0.2, 0) is 16.1 Å². The van der Waals surface area contributed by atoms with Crippen LogP contribution in [-0.4, -0.2) is 29.8 Å². The lowest BCUT2D eigenvalue weighted by Gasteiger charge is -2.56. The van der Waals surface area contributed by atoms with E-state index in [0.717, 1.165) is 24.8 Å². The first-order chi connectivity index (χ1) is 13.8. The highest BCUT2D eigenvalue weighted by Crippen LogP contribution is 2.60. The number of carbonyl (C=O) groups excluding carboxylic acids is 2. The van der Waals surface area contributed by atoms with Crippen LogP contribution in [0.1, 0.15) is 57.9 Å².